The highest BCUT2D eigenvalue weighted by molar-refractivity contribution is 8.00. The lowest BCUT2D eigenvalue weighted by Gasteiger charge is -2.30. The number of thioether (sulfide) groups is 1. The normalized spacial score (nSPS) is 14.6. The summed E-state index contributed by atoms with van der Waals surface area (Å²) < 4.78 is 9.91. The summed E-state index contributed by atoms with van der Waals surface area (Å²) in [5.41, 5.74) is -1.18. The van der Waals surface area contributed by atoms with Gasteiger partial charge in [0.05, 0.1) is 13.7 Å². The molecule has 0 rings (SSSR count). The Balaban J connectivity index is 5.25. The molecule has 0 N–H and O–H groups in total. The summed E-state index contributed by atoms with van der Waals surface area (Å²) in [6.07, 6.45) is 1.17. The molecule has 0 saturated heterocycles. The number of carbonyl (C=O) groups excluding carboxylic acids is 2. The predicted octanol–water partition coefficient (Wildman–Crippen LogP) is 3.04. The maximum Gasteiger partial charge on any atom is 0.324 e. The Morgan fingerprint density at radius 1 is 1.11 bits per heavy atom. The highest BCUT2D eigenvalue weighted by atomic mass is 32.2. The van der Waals surface area contributed by atoms with Crippen LogP contribution < -0.4 is 0 Å². The van der Waals surface area contributed by atoms with Crippen molar-refractivity contribution in [2.45, 2.75) is 52.2 Å². The fourth-order valence-electron chi connectivity index (χ4n) is 1.71. The van der Waals surface area contributed by atoms with E-state index in [1.807, 2.05) is 6.92 Å². The minimum atomic E-state index is -1.18. The van der Waals surface area contributed by atoms with Crippen LogP contribution >= 0.6 is 11.8 Å². The summed E-state index contributed by atoms with van der Waals surface area (Å²) in [6.45, 7) is 10.1. The van der Waals surface area contributed by atoms with Gasteiger partial charge in [-0.1, -0.05) is 34.1 Å². The molecule has 4 nitrogen and oxygen atoms in total. The van der Waals surface area contributed by atoms with Crippen LogP contribution in [0, 0.1) is 5.41 Å². The summed E-state index contributed by atoms with van der Waals surface area (Å²) in [5, 5.41) is 0. The summed E-state index contributed by atoms with van der Waals surface area (Å²) >= 11 is 1.58. The third-order valence-electron chi connectivity index (χ3n) is 2.67. The van der Waals surface area contributed by atoms with Gasteiger partial charge in [-0.2, -0.15) is 11.8 Å². The van der Waals surface area contributed by atoms with E-state index in [-0.39, 0.29) is 11.4 Å². The molecule has 0 aromatic heterocycles. The lowest BCUT2D eigenvalue weighted by Crippen LogP contribution is -2.44. The molecule has 0 aromatic carbocycles. The van der Waals surface area contributed by atoms with Crippen LogP contribution in [0.25, 0.3) is 0 Å². The second kappa shape index (κ2) is 7.78. The van der Waals surface area contributed by atoms with E-state index in [4.69, 9.17) is 9.47 Å². The van der Waals surface area contributed by atoms with Gasteiger partial charge < -0.3 is 9.47 Å². The Hall–Kier alpha value is -0.710. The van der Waals surface area contributed by atoms with Gasteiger partial charge in [0.25, 0.3) is 0 Å². The highest BCUT2D eigenvalue weighted by Gasteiger charge is 2.48. The molecule has 0 heterocycles. The first kappa shape index (κ1) is 18.3. The Bertz CT molecular complexity index is 309. The summed E-state index contributed by atoms with van der Waals surface area (Å²) in [6, 6.07) is 0. The molecule has 0 aliphatic rings. The lowest BCUT2D eigenvalue weighted by molar-refractivity contribution is -0.169. The van der Waals surface area contributed by atoms with E-state index >= 15 is 0 Å². The molecule has 0 fully saturated rings. The van der Waals surface area contributed by atoms with Crippen molar-refractivity contribution in [2.75, 3.05) is 19.5 Å². The monoisotopic (exact) mass is 290 g/mol. The van der Waals surface area contributed by atoms with Crippen molar-refractivity contribution < 1.29 is 19.1 Å². The Morgan fingerprint density at radius 3 is 2.05 bits per heavy atom. The van der Waals surface area contributed by atoms with Crippen LogP contribution in [0.1, 0.15) is 47.5 Å². The summed E-state index contributed by atoms with van der Waals surface area (Å²) in [5.74, 6) is -0.583. The second-order valence-electron chi connectivity index (χ2n) is 5.45. The molecule has 0 spiro atoms. The van der Waals surface area contributed by atoms with Gasteiger partial charge in [0.1, 0.15) is 0 Å². The van der Waals surface area contributed by atoms with E-state index in [2.05, 4.69) is 20.8 Å². The SMILES string of the molecule is CCCC(CSC(C)(C)C)(C(=O)OC)C(=O)OCC. The van der Waals surface area contributed by atoms with E-state index in [1.54, 1.807) is 18.7 Å². The van der Waals surface area contributed by atoms with E-state index in [9.17, 15) is 9.59 Å². The fraction of sp³-hybridized carbons (Fsp3) is 0.857. The third-order valence-corrected chi connectivity index (χ3v) is 4.17. The molecule has 1 atom stereocenters. The molecule has 1 unspecified atom stereocenters. The van der Waals surface area contributed by atoms with Crippen LogP contribution in [-0.2, 0) is 19.1 Å². The highest BCUT2D eigenvalue weighted by Crippen LogP contribution is 2.36. The van der Waals surface area contributed by atoms with Gasteiger partial charge in [-0.15, -0.1) is 0 Å². The largest absolute Gasteiger partial charge is 0.468 e. The zero-order valence-electron chi connectivity index (χ0n) is 12.9. The minimum absolute atomic E-state index is 0.0283. The molecule has 0 radical (unpaired) electrons. The van der Waals surface area contributed by atoms with Crippen LogP contribution in [-0.4, -0.2) is 36.2 Å². The molecule has 112 valence electrons. The molecular formula is C14H26O4S. The molecule has 0 aliphatic carbocycles. The number of hydrogen-bond donors (Lipinski definition) is 0. The Morgan fingerprint density at radius 2 is 1.68 bits per heavy atom. The molecule has 0 aromatic rings. The molecule has 0 saturated carbocycles. The summed E-state index contributed by atoms with van der Waals surface area (Å²) in [7, 11) is 1.31. The van der Waals surface area contributed by atoms with Gasteiger partial charge in [0.15, 0.2) is 5.41 Å². The molecular weight excluding hydrogens is 264 g/mol. The minimum Gasteiger partial charge on any atom is -0.468 e. The van der Waals surface area contributed by atoms with Gasteiger partial charge in [-0.3, -0.25) is 9.59 Å². The number of rotatable bonds is 7. The van der Waals surface area contributed by atoms with Crippen LogP contribution in [0.5, 0.6) is 0 Å². The van der Waals surface area contributed by atoms with E-state index in [0.29, 0.717) is 12.2 Å². The van der Waals surface area contributed by atoms with Gasteiger partial charge in [0, 0.05) is 10.5 Å². The van der Waals surface area contributed by atoms with Crippen molar-refractivity contribution in [1.29, 1.82) is 0 Å². The molecule has 5 heteroatoms. The van der Waals surface area contributed by atoms with E-state index in [1.165, 1.54) is 7.11 Å². The van der Waals surface area contributed by atoms with Crippen molar-refractivity contribution in [3.63, 3.8) is 0 Å². The predicted molar refractivity (Wildman–Crippen MR) is 78.2 cm³/mol. The first-order valence-corrected chi connectivity index (χ1v) is 7.61. The standard InChI is InChI=1S/C14H26O4S/c1-7-9-14(11(15)17-6,12(16)18-8-2)10-19-13(3,4)5/h7-10H2,1-6H3. The Labute approximate surface area is 120 Å². The average Bonchev–Trinajstić information content (AvgIpc) is 2.32. The molecule has 0 aliphatic heterocycles. The average molecular weight is 290 g/mol. The third kappa shape index (κ3) is 5.43. The number of hydrogen-bond acceptors (Lipinski definition) is 5. The van der Waals surface area contributed by atoms with Crippen molar-refractivity contribution in [2.24, 2.45) is 5.41 Å². The maximum absolute atomic E-state index is 12.2. The van der Waals surface area contributed by atoms with E-state index in [0.717, 1.165) is 6.42 Å². The quantitative estimate of drug-likeness (QED) is 0.533. The number of esters is 2. The zero-order chi connectivity index (χ0) is 15.1. The fourth-order valence-corrected chi connectivity index (χ4v) is 2.77. The van der Waals surface area contributed by atoms with E-state index < -0.39 is 17.4 Å². The molecule has 0 bridgehead atoms. The van der Waals surface area contributed by atoms with Crippen LogP contribution in [0.3, 0.4) is 0 Å². The number of ether oxygens (including phenoxy) is 2. The Kier molecular flexibility index (Phi) is 7.49. The van der Waals surface area contributed by atoms with Crippen molar-refractivity contribution in [3.05, 3.63) is 0 Å². The number of carbonyl (C=O) groups is 2. The van der Waals surface area contributed by atoms with Crippen LogP contribution in [0.2, 0.25) is 0 Å². The van der Waals surface area contributed by atoms with Crippen molar-refractivity contribution in [1.82, 2.24) is 0 Å². The van der Waals surface area contributed by atoms with Gasteiger partial charge >= 0.3 is 11.9 Å². The topological polar surface area (TPSA) is 52.6 Å². The van der Waals surface area contributed by atoms with Crippen molar-refractivity contribution >= 4 is 23.7 Å². The maximum atomic E-state index is 12.2. The lowest BCUT2D eigenvalue weighted by atomic mass is 9.85. The number of methoxy groups -OCH3 is 1. The second-order valence-corrected chi connectivity index (χ2v) is 7.25. The molecule has 0 amide bonds. The zero-order valence-corrected chi connectivity index (χ0v) is 13.7. The van der Waals surface area contributed by atoms with Crippen LogP contribution in [0.15, 0.2) is 0 Å². The van der Waals surface area contributed by atoms with Gasteiger partial charge in [-0.05, 0) is 13.3 Å². The molecule has 19 heavy (non-hydrogen) atoms. The first-order valence-electron chi connectivity index (χ1n) is 6.63. The summed E-state index contributed by atoms with van der Waals surface area (Å²) in [4.78, 5) is 24.4. The smallest absolute Gasteiger partial charge is 0.324 e. The van der Waals surface area contributed by atoms with Gasteiger partial charge in [-0.25, -0.2) is 0 Å². The van der Waals surface area contributed by atoms with Crippen LogP contribution in [0.4, 0.5) is 0 Å². The first-order chi connectivity index (χ1) is 8.73. The van der Waals surface area contributed by atoms with Crippen molar-refractivity contribution in [3.8, 4) is 0 Å². The van der Waals surface area contributed by atoms with Gasteiger partial charge in [0.2, 0.25) is 0 Å².